The minimum absolute atomic E-state index is 0.159. The number of nitrogens with zero attached hydrogens (tertiary/aromatic N) is 1. The van der Waals surface area contributed by atoms with Crippen LogP contribution in [0, 0.1) is 12.8 Å². The van der Waals surface area contributed by atoms with Gasteiger partial charge in [-0.15, -0.1) is 0 Å². The number of rotatable bonds is 6. The Morgan fingerprint density at radius 3 is 2.54 bits per heavy atom. The first-order chi connectivity index (χ1) is 12.6. The molecule has 1 fully saturated rings. The van der Waals surface area contributed by atoms with Crippen molar-refractivity contribution >= 4 is 5.91 Å². The zero-order valence-electron chi connectivity index (χ0n) is 15.9. The van der Waals surface area contributed by atoms with Crippen molar-refractivity contribution < 1.29 is 4.79 Å². The first kappa shape index (κ1) is 18.7. The monoisotopic (exact) mass is 350 g/mol. The highest BCUT2D eigenvalue weighted by molar-refractivity contribution is 5.78. The Balaban J connectivity index is 1.42. The van der Waals surface area contributed by atoms with Gasteiger partial charge in [-0.2, -0.15) is 0 Å². The number of piperidine rings is 1. The number of hydrogen-bond acceptors (Lipinski definition) is 2. The predicted molar refractivity (Wildman–Crippen MR) is 107 cm³/mol. The second-order valence-corrected chi connectivity index (χ2v) is 7.60. The van der Waals surface area contributed by atoms with E-state index in [0.717, 1.165) is 32.5 Å². The molecule has 0 spiro atoms. The van der Waals surface area contributed by atoms with Gasteiger partial charge in [-0.1, -0.05) is 67.1 Å². The van der Waals surface area contributed by atoms with Gasteiger partial charge in [-0.3, -0.25) is 9.69 Å². The molecule has 0 aromatic heterocycles. The number of hydrogen-bond donors (Lipinski definition) is 1. The second kappa shape index (κ2) is 9.00. The summed E-state index contributed by atoms with van der Waals surface area (Å²) in [5.74, 6) is 0.733. The van der Waals surface area contributed by atoms with Crippen molar-refractivity contribution in [3.05, 3.63) is 71.3 Å². The third-order valence-electron chi connectivity index (χ3n) is 5.40. The molecule has 2 aromatic carbocycles. The Hall–Kier alpha value is -2.13. The van der Waals surface area contributed by atoms with E-state index in [9.17, 15) is 4.79 Å². The molecule has 1 heterocycles. The fourth-order valence-electron chi connectivity index (χ4n) is 3.72. The van der Waals surface area contributed by atoms with E-state index in [1.807, 2.05) is 6.07 Å². The summed E-state index contributed by atoms with van der Waals surface area (Å²) in [5, 5.41) is 3.17. The topological polar surface area (TPSA) is 32.3 Å². The van der Waals surface area contributed by atoms with Gasteiger partial charge in [0.25, 0.3) is 0 Å². The van der Waals surface area contributed by atoms with Crippen LogP contribution in [0.1, 0.15) is 42.4 Å². The number of amides is 1. The largest absolute Gasteiger partial charge is 0.355 e. The summed E-state index contributed by atoms with van der Waals surface area (Å²) in [7, 11) is 0. The second-order valence-electron chi connectivity index (χ2n) is 7.60. The summed E-state index contributed by atoms with van der Waals surface area (Å²) in [6.07, 6.45) is 1.91. The van der Waals surface area contributed by atoms with Crippen LogP contribution in [-0.4, -0.2) is 30.4 Å². The van der Waals surface area contributed by atoms with Gasteiger partial charge in [0.15, 0.2) is 0 Å². The molecule has 1 aliphatic rings. The molecule has 2 aromatic rings. The lowest BCUT2D eigenvalue weighted by atomic mass is 9.94. The van der Waals surface area contributed by atoms with Crippen LogP contribution in [-0.2, 0) is 11.3 Å². The lowest BCUT2D eigenvalue weighted by Gasteiger charge is -2.31. The number of aryl methyl sites for hydroxylation is 1. The average molecular weight is 351 g/mol. The molecule has 0 saturated carbocycles. The zero-order valence-corrected chi connectivity index (χ0v) is 15.9. The summed E-state index contributed by atoms with van der Waals surface area (Å²) >= 11 is 0. The van der Waals surface area contributed by atoms with Gasteiger partial charge >= 0.3 is 0 Å². The van der Waals surface area contributed by atoms with Gasteiger partial charge in [0.05, 0.1) is 0 Å². The van der Waals surface area contributed by atoms with Crippen LogP contribution in [0.5, 0.6) is 0 Å². The van der Waals surface area contributed by atoms with E-state index < -0.39 is 0 Å². The standard InChI is InChI=1S/C23H30N2O/c1-18-7-6-8-20(15-18)17-25-13-11-22(12-14-25)23(26)24-16-19(2)21-9-4-3-5-10-21/h3-10,15,19,22H,11-14,16-17H2,1-2H3,(H,24,26). The van der Waals surface area contributed by atoms with Gasteiger partial charge in [-0.05, 0) is 49.9 Å². The van der Waals surface area contributed by atoms with E-state index in [4.69, 9.17) is 0 Å². The molecule has 0 aliphatic carbocycles. The lowest BCUT2D eigenvalue weighted by molar-refractivity contribution is -0.126. The highest BCUT2D eigenvalue weighted by Gasteiger charge is 2.25. The maximum atomic E-state index is 12.5. The van der Waals surface area contributed by atoms with E-state index >= 15 is 0 Å². The van der Waals surface area contributed by atoms with Gasteiger partial charge < -0.3 is 5.32 Å². The maximum absolute atomic E-state index is 12.5. The van der Waals surface area contributed by atoms with Crippen LogP contribution in [0.15, 0.2) is 54.6 Å². The first-order valence-corrected chi connectivity index (χ1v) is 9.72. The molecule has 3 nitrogen and oxygen atoms in total. The Morgan fingerprint density at radius 2 is 1.85 bits per heavy atom. The van der Waals surface area contributed by atoms with Crippen LogP contribution in [0.25, 0.3) is 0 Å². The lowest BCUT2D eigenvalue weighted by Crippen LogP contribution is -2.41. The highest BCUT2D eigenvalue weighted by atomic mass is 16.1. The van der Waals surface area contributed by atoms with Crippen molar-refractivity contribution in [3.63, 3.8) is 0 Å². The Bertz CT molecular complexity index is 705. The van der Waals surface area contributed by atoms with E-state index in [1.54, 1.807) is 0 Å². The molecule has 1 saturated heterocycles. The molecular formula is C23H30N2O. The van der Waals surface area contributed by atoms with E-state index in [-0.39, 0.29) is 11.8 Å². The van der Waals surface area contributed by atoms with Gasteiger partial charge in [-0.25, -0.2) is 0 Å². The van der Waals surface area contributed by atoms with Crippen molar-refractivity contribution in [2.24, 2.45) is 5.92 Å². The molecule has 3 rings (SSSR count). The SMILES string of the molecule is Cc1cccc(CN2CCC(C(=O)NCC(C)c3ccccc3)CC2)c1. The number of carbonyl (C=O) groups excluding carboxylic acids is 1. The molecule has 138 valence electrons. The summed E-state index contributed by atoms with van der Waals surface area (Å²) in [4.78, 5) is 15.0. The Morgan fingerprint density at radius 1 is 1.12 bits per heavy atom. The minimum Gasteiger partial charge on any atom is -0.355 e. The Kier molecular flexibility index (Phi) is 6.45. The number of likely N-dealkylation sites (tertiary alicyclic amines) is 1. The number of carbonyl (C=O) groups is 1. The number of nitrogens with one attached hydrogen (secondary N) is 1. The smallest absolute Gasteiger partial charge is 0.223 e. The molecule has 0 radical (unpaired) electrons. The third-order valence-corrected chi connectivity index (χ3v) is 5.40. The molecule has 1 aliphatic heterocycles. The normalized spacial score (nSPS) is 17.0. The van der Waals surface area contributed by atoms with Crippen LogP contribution < -0.4 is 5.32 Å². The maximum Gasteiger partial charge on any atom is 0.223 e. The van der Waals surface area contributed by atoms with Crippen molar-refractivity contribution in [1.29, 1.82) is 0 Å². The van der Waals surface area contributed by atoms with E-state index in [2.05, 4.69) is 72.6 Å². The molecule has 1 amide bonds. The van der Waals surface area contributed by atoms with Crippen molar-refractivity contribution in [2.75, 3.05) is 19.6 Å². The quantitative estimate of drug-likeness (QED) is 0.850. The van der Waals surface area contributed by atoms with Gasteiger partial charge in [0, 0.05) is 19.0 Å². The average Bonchev–Trinajstić information content (AvgIpc) is 2.67. The molecule has 26 heavy (non-hydrogen) atoms. The summed E-state index contributed by atoms with van der Waals surface area (Å²) < 4.78 is 0. The van der Waals surface area contributed by atoms with Crippen LogP contribution in [0.3, 0.4) is 0 Å². The summed E-state index contributed by atoms with van der Waals surface area (Å²) in [5.41, 5.74) is 3.95. The highest BCUT2D eigenvalue weighted by Crippen LogP contribution is 2.20. The van der Waals surface area contributed by atoms with E-state index in [0.29, 0.717) is 12.5 Å². The van der Waals surface area contributed by atoms with Crippen molar-refractivity contribution in [1.82, 2.24) is 10.2 Å². The molecule has 1 unspecified atom stereocenters. The van der Waals surface area contributed by atoms with Crippen molar-refractivity contribution in [2.45, 2.75) is 39.2 Å². The zero-order chi connectivity index (χ0) is 18.4. The Labute approximate surface area is 157 Å². The van der Waals surface area contributed by atoms with Crippen LogP contribution >= 0.6 is 0 Å². The van der Waals surface area contributed by atoms with Crippen molar-refractivity contribution in [3.8, 4) is 0 Å². The molecule has 1 N–H and O–H groups in total. The third kappa shape index (κ3) is 5.18. The number of benzene rings is 2. The molecule has 0 bridgehead atoms. The minimum atomic E-state index is 0.159. The summed E-state index contributed by atoms with van der Waals surface area (Å²) in [6, 6.07) is 19.1. The van der Waals surface area contributed by atoms with Crippen LogP contribution in [0.2, 0.25) is 0 Å². The molecule has 3 heteroatoms. The molecular weight excluding hydrogens is 320 g/mol. The van der Waals surface area contributed by atoms with E-state index in [1.165, 1.54) is 16.7 Å². The predicted octanol–water partition coefficient (Wildman–Crippen LogP) is 4.13. The van der Waals surface area contributed by atoms with Crippen LogP contribution in [0.4, 0.5) is 0 Å². The fraction of sp³-hybridized carbons (Fsp3) is 0.435. The van der Waals surface area contributed by atoms with Gasteiger partial charge in [0.1, 0.15) is 0 Å². The fourth-order valence-corrected chi connectivity index (χ4v) is 3.72. The van der Waals surface area contributed by atoms with Gasteiger partial charge in [0.2, 0.25) is 5.91 Å². The molecule has 1 atom stereocenters. The summed E-state index contributed by atoms with van der Waals surface area (Å²) in [6.45, 7) is 8.00. The first-order valence-electron chi connectivity index (χ1n) is 9.72.